The third-order valence-corrected chi connectivity index (χ3v) is 1.99. The molecule has 0 saturated carbocycles. The minimum Gasteiger partial charge on any atom is -0.490 e. The minimum absolute atomic E-state index is 0.231. The number of carbonyl (C=O) groups excluding carboxylic acids is 1. The molecule has 1 aromatic rings. The molecule has 0 atom stereocenters. The van der Waals surface area contributed by atoms with E-state index >= 15 is 0 Å². The predicted octanol–water partition coefficient (Wildman–Crippen LogP) is -0.254. The van der Waals surface area contributed by atoms with E-state index in [1.807, 2.05) is 0 Å². The molecule has 1 heterocycles. The number of nitrogens with two attached hydrogens (primary N) is 1. The molecule has 0 unspecified atom stereocenters. The Bertz CT molecular complexity index is 385. The summed E-state index contributed by atoms with van der Waals surface area (Å²) < 4.78 is 9.62. The first-order chi connectivity index (χ1) is 8.22. The van der Waals surface area contributed by atoms with E-state index in [0.29, 0.717) is 23.9 Å². The Morgan fingerprint density at radius 1 is 1.41 bits per heavy atom. The molecule has 0 amide bonds. The van der Waals surface area contributed by atoms with E-state index in [0.717, 1.165) is 0 Å². The van der Waals surface area contributed by atoms with Crippen molar-refractivity contribution < 1.29 is 14.3 Å². The number of esters is 1. The van der Waals surface area contributed by atoms with Gasteiger partial charge in [0, 0.05) is 6.54 Å². The second-order valence-corrected chi connectivity index (χ2v) is 3.00. The SMILES string of the molecule is COC(=O)CCNc1ncnc(NN)c1OC. The summed E-state index contributed by atoms with van der Waals surface area (Å²) in [6, 6.07) is 0. The minimum atomic E-state index is -0.303. The smallest absolute Gasteiger partial charge is 0.307 e. The first-order valence-corrected chi connectivity index (χ1v) is 4.89. The van der Waals surface area contributed by atoms with Gasteiger partial charge in [0.05, 0.1) is 20.6 Å². The third kappa shape index (κ3) is 3.45. The molecule has 0 aliphatic heterocycles. The zero-order chi connectivity index (χ0) is 12.7. The quantitative estimate of drug-likeness (QED) is 0.355. The predicted molar refractivity (Wildman–Crippen MR) is 61.5 cm³/mol. The second-order valence-electron chi connectivity index (χ2n) is 3.00. The van der Waals surface area contributed by atoms with Crippen molar-refractivity contribution in [2.75, 3.05) is 31.5 Å². The number of carbonyl (C=O) groups is 1. The lowest BCUT2D eigenvalue weighted by Gasteiger charge is -2.11. The van der Waals surface area contributed by atoms with Crippen molar-refractivity contribution in [1.29, 1.82) is 0 Å². The molecule has 1 rings (SSSR count). The van der Waals surface area contributed by atoms with Crippen molar-refractivity contribution in [3.8, 4) is 5.75 Å². The van der Waals surface area contributed by atoms with Crippen LogP contribution in [0.25, 0.3) is 0 Å². The van der Waals surface area contributed by atoms with Gasteiger partial charge in [-0.2, -0.15) is 0 Å². The number of nitrogen functional groups attached to an aromatic ring is 1. The van der Waals surface area contributed by atoms with Crippen LogP contribution in [-0.2, 0) is 9.53 Å². The van der Waals surface area contributed by atoms with Crippen LogP contribution in [0.5, 0.6) is 5.75 Å². The molecule has 0 spiro atoms. The fraction of sp³-hybridized carbons (Fsp3) is 0.444. The Labute approximate surface area is 98.5 Å². The number of rotatable bonds is 6. The standard InChI is InChI=1S/C9H15N5O3/c1-16-6(15)3-4-11-8-7(17-2)9(14-10)13-5-12-8/h5H,3-4,10H2,1-2H3,(H2,11,12,13,14). The fourth-order valence-electron chi connectivity index (χ4n) is 1.18. The van der Waals surface area contributed by atoms with Gasteiger partial charge in [0.15, 0.2) is 11.6 Å². The molecule has 8 nitrogen and oxygen atoms in total. The molecule has 94 valence electrons. The summed E-state index contributed by atoms with van der Waals surface area (Å²) in [6.07, 6.45) is 1.56. The maximum absolute atomic E-state index is 10.9. The van der Waals surface area contributed by atoms with Crippen LogP contribution >= 0.6 is 0 Å². The number of ether oxygens (including phenoxy) is 2. The lowest BCUT2D eigenvalue weighted by Crippen LogP contribution is -2.14. The van der Waals surface area contributed by atoms with Gasteiger partial charge in [-0.15, -0.1) is 0 Å². The van der Waals surface area contributed by atoms with Crippen LogP contribution in [0.3, 0.4) is 0 Å². The number of nitrogens with one attached hydrogen (secondary N) is 2. The van der Waals surface area contributed by atoms with Gasteiger partial charge in [-0.25, -0.2) is 15.8 Å². The number of hydrogen-bond donors (Lipinski definition) is 3. The van der Waals surface area contributed by atoms with E-state index in [4.69, 9.17) is 10.6 Å². The summed E-state index contributed by atoms with van der Waals surface area (Å²) in [4.78, 5) is 18.8. The van der Waals surface area contributed by atoms with E-state index in [2.05, 4.69) is 25.4 Å². The van der Waals surface area contributed by atoms with Gasteiger partial charge < -0.3 is 20.2 Å². The molecule has 0 aliphatic rings. The summed E-state index contributed by atoms with van der Waals surface area (Å²) in [5.41, 5.74) is 2.39. The fourth-order valence-corrected chi connectivity index (χ4v) is 1.18. The van der Waals surface area contributed by atoms with Crippen molar-refractivity contribution >= 4 is 17.6 Å². The summed E-state index contributed by atoms with van der Waals surface area (Å²) in [6.45, 7) is 0.379. The maximum Gasteiger partial charge on any atom is 0.307 e. The highest BCUT2D eigenvalue weighted by Crippen LogP contribution is 2.27. The molecule has 0 aromatic carbocycles. The van der Waals surface area contributed by atoms with E-state index in [-0.39, 0.29) is 12.4 Å². The second kappa shape index (κ2) is 6.48. The lowest BCUT2D eigenvalue weighted by molar-refractivity contribution is -0.140. The molecule has 17 heavy (non-hydrogen) atoms. The highest BCUT2D eigenvalue weighted by Gasteiger charge is 2.11. The van der Waals surface area contributed by atoms with Crippen LogP contribution in [0.15, 0.2) is 6.33 Å². The van der Waals surface area contributed by atoms with Gasteiger partial charge >= 0.3 is 5.97 Å². The molecule has 0 bridgehead atoms. The summed E-state index contributed by atoms with van der Waals surface area (Å²) in [7, 11) is 2.81. The van der Waals surface area contributed by atoms with E-state index in [9.17, 15) is 4.79 Å². The van der Waals surface area contributed by atoms with Crippen LogP contribution in [0.1, 0.15) is 6.42 Å². The average Bonchev–Trinajstić information content (AvgIpc) is 2.37. The maximum atomic E-state index is 10.9. The third-order valence-electron chi connectivity index (χ3n) is 1.99. The zero-order valence-corrected chi connectivity index (χ0v) is 9.69. The van der Waals surface area contributed by atoms with Gasteiger partial charge in [-0.3, -0.25) is 4.79 Å². The Kier molecular flexibility index (Phi) is 4.95. The first kappa shape index (κ1) is 13.0. The van der Waals surface area contributed by atoms with Crippen molar-refractivity contribution in [2.45, 2.75) is 6.42 Å². The highest BCUT2D eigenvalue weighted by molar-refractivity contribution is 5.70. The Morgan fingerprint density at radius 2 is 2.12 bits per heavy atom. The average molecular weight is 241 g/mol. The highest BCUT2D eigenvalue weighted by atomic mass is 16.5. The monoisotopic (exact) mass is 241 g/mol. The van der Waals surface area contributed by atoms with Gasteiger partial charge in [-0.1, -0.05) is 0 Å². The molecule has 0 aliphatic carbocycles. The van der Waals surface area contributed by atoms with Crippen molar-refractivity contribution in [2.24, 2.45) is 5.84 Å². The molecule has 0 radical (unpaired) electrons. The van der Waals surface area contributed by atoms with Crippen LogP contribution in [0, 0.1) is 0 Å². The number of anilines is 2. The molecule has 4 N–H and O–H groups in total. The number of hydrazine groups is 1. The zero-order valence-electron chi connectivity index (χ0n) is 9.69. The Hall–Kier alpha value is -2.09. The topological polar surface area (TPSA) is 111 Å². The van der Waals surface area contributed by atoms with Crippen LogP contribution in [0.2, 0.25) is 0 Å². The summed E-state index contributed by atoms with van der Waals surface area (Å²) in [5.74, 6) is 6.18. The van der Waals surface area contributed by atoms with E-state index in [1.54, 1.807) is 0 Å². The van der Waals surface area contributed by atoms with Crippen LogP contribution in [-0.4, -0.2) is 36.7 Å². The van der Waals surface area contributed by atoms with Crippen molar-refractivity contribution in [3.05, 3.63) is 6.33 Å². The van der Waals surface area contributed by atoms with Gasteiger partial charge in [-0.05, 0) is 0 Å². The number of nitrogens with zero attached hydrogens (tertiary/aromatic N) is 2. The van der Waals surface area contributed by atoms with Crippen LogP contribution in [0.4, 0.5) is 11.6 Å². The molecule has 1 aromatic heterocycles. The number of aromatic nitrogens is 2. The van der Waals surface area contributed by atoms with Crippen molar-refractivity contribution in [1.82, 2.24) is 9.97 Å². The first-order valence-electron chi connectivity index (χ1n) is 4.89. The van der Waals surface area contributed by atoms with Crippen LogP contribution < -0.4 is 21.3 Å². The molecular formula is C9H15N5O3. The number of methoxy groups -OCH3 is 2. The van der Waals surface area contributed by atoms with Gasteiger partial charge in [0.2, 0.25) is 5.75 Å². The molecule has 8 heteroatoms. The van der Waals surface area contributed by atoms with Gasteiger partial charge in [0.25, 0.3) is 0 Å². The molecular weight excluding hydrogens is 226 g/mol. The van der Waals surface area contributed by atoms with Gasteiger partial charge in [0.1, 0.15) is 6.33 Å². The number of hydrogen-bond acceptors (Lipinski definition) is 8. The molecule has 0 fully saturated rings. The Balaban J connectivity index is 2.67. The largest absolute Gasteiger partial charge is 0.490 e. The van der Waals surface area contributed by atoms with E-state index in [1.165, 1.54) is 20.5 Å². The van der Waals surface area contributed by atoms with E-state index < -0.39 is 0 Å². The summed E-state index contributed by atoms with van der Waals surface area (Å²) in [5, 5.41) is 2.93. The summed E-state index contributed by atoms with van der Waals surface area (Å²) >= 11 is 0. The van der Waals surface area contributed by atoms with Crippen molar-refractivity contribution in [3.63, 3.8) is 0 Å². The lowest BCUT2D eigenvalue weighted by atomic mass is 10.4. The Morgan fingerprint density at radius 3 is 2.71 bits per heavy atom. The molecule has 0 saturated heterocycles. The normalized spacial score (nSPS) is 9.59.